The van der Waals surface area contributed by atoms with Gasteiger partial charge in [-0.25, -0.2) is 4.39 Å². The van der Waals surface area contributed by atoms with Gasteiger partial charge >= 0.3 is 0 Å². The lowest BCUT2D eigenvalue weighted by atomic mass is 10.1. The van der Waals surface area contributed by atoms with E-state index in [1.54, 1.807) is 18.3 Å². The van der Waals surface area contributed by atoms with Crippen molar-refractivity contribution in [1.29, 1.82) is 0 Å². The minimum absolute atomic E-state index is 0.273. The number of nitrogens with one attached hydrogen (secondary N) is 3. The van der Waals surface area contributed by atoms with E-state index in [9.17, 15) is 4.39 Å². The van der Waals surface area contributed by atoms with Crippen LogP contribution in [0.4, 0.5) is 10.1 Å². The van der Waals surface area contributed by atoms with Crippen LogP contribution in [0.5, 0.6) is 0 Å². The normalized spacial score (nSPS) is 10.5. The van der Waals surface area contributed by atoms with Crippen LogP contribution in [-0.2, 0) is 6.54 Å². The maximum absolute atomic E-state index is 12.8. The Balaban J connectivity index is 1.63. The van der Waals surface area contributed by atoms with Crippen LogP contribution in [0.15, 0.2) is 48.7 Å². The molecule has 1 aromatic heterocycles. The van der Waals surface area contributed by atoms with E-state index in [0.717, 1.165) is 22.2 Å². The highest BCUT2D eigenvalue weighted by Crippen LogP contribution is 2.15. The molecule has 0 unspecified atom stereocenters. The summed E-state index contributed by atoms with van der Waals surface area (Å²) < 4.78 is 12.8. The Kier molecular flexibility index (Phi) is 3.79. The van der Waals surface area contributed by atoms with E-state index >= 15 is 0 Å². The van der Waals surface area contributed by atoms with Crippen molar-refractivity contribution in [2.75, 3.05) is 5.32 Å². The predicted molar refractivity (Wildman–Crippen MR) is 85.6 cm³/mol. The molecule has 0 aliphatic carbocycles. The summed E-state index contributed by atoms with van der Waals surface area (Å²) in [7, 11) is 0. The Labute approximate surface area is 126 Å². The fourth-order valence-corrected chi connectivity index (χ4v) is 2.25. The van der Waals surface area contributed by atoms with Crippen LogP contribution in [0.25, 0.3) is 10.9 Å². The van der Waals surface area contributed by atoms with Gasteiger partial charge in [-0.05, 0) is 42.0 Å². The minimum atomic E-state index is -0.273. The average Bonchev–Trinajstić information content (AvgIpc) is 2.96. The molecule has 0 saturated heterocycles. The number of halogens is 1. The molecule has 3 aromatic rings. The molecule has 1 heterocycles. The number of thiocarbonyl (C=S) groups is 1. The summed E-state index contributed by atoms with van der Waals surface area (Å²) in [6.07, 6.45) is 1.79. The standard InChI is InChI=1S/C15H13FN4S/c16-12-4-6-13(7-5-12)19-15(21)17-8-10-2-1-3-11-9-18-20-14(10)11/h1-7,9H,8H2,(H,18,20)(H2,17,19,21). The summed E-state index contributed by atoms with van der Waals surface area (Å²) in [5, 5.41) is 14.7. The summed E-state index contributed by atoms with van der Waals surface area (Å²) in [6.45, 7) is 0.576. The lowest BCUT2D eigenvalue weighted by Gasteiger charge is -2.11. The van der Waals surface area contributed by atoms with Gasteiger partial charge < -0.3 is 10.6 Å². The number of anilines is 1. The first-order chi connectivity index (χ1) is 10.2. The van der Waals surface area contributed by atoms with Crippen LogP contribution >= 0.6 is 12.2 Å². The molecule has 0 bridgehead atoms. The van der Waals surface area contributed by atoms with E-state index in [2.05, 4.69) is 20.8 Å². The molecule has 6 heteroatoms. The van der Waals surface area contributed by atoms with Gasteiger partial charge in [-0.2, -0.15) is 5.10 Å². The number of fused-ring (bicyclic) bond motifs is 1. The molecule has 0 atom stereocenters. The molecule has 106 valence electrons. The first kappa shape index (κ1) is 13.5. The highest BCUT2D eigenvalue weighted by Gasteiger charge is 2.03. The zero-order valence-corrected chi connectivity index (χ0v) is 11.9. The van der Waals surface area contributed by atoms with Crippen LogP contribution in [0.1, 0.15) is 5.56 Å². The van der Waals surface area contributed by atoms with E-state index in [4.69, 9.17) is 12.2 Å². The molecule has 3 N–H and O–H groups in total. The Morgan fingerprint density at radius 2 is 2.00 bits per heavy atom. The maximum Gasteiger partial charge on any atom is 0.171 e. The Morgan fingerprint density at radius 3 is 2.81 bits per heavy atom. The molecule has 0 aliphatic heterocycles. The molecule has 4 nitrogen and oxygen atoms in total. The monoisotopic (exact) mass is 300 g/mol. The molecule has 0 amide bonds. The van der Waals surface area contributed by atoms with E-state index < -0.39 is 0 Å². The Hall–Kier alpha value is -2.47. The second-order valence-electron chi connectivity index (χ2n) is 4.57. The van der Waals surface area contributed by atoms with Crippen molar-refractivity contribution in [1.82, 2.24) is 15.5 Å². The number of aromatic amines is 1. The zero-order valence-electron chi connectivity index (χ0n) is 11.1. The van der Waals surface area contributed by atoms with Gasteiger partial charge in [-0.15, -0.1) is 0 Å². The van der Waals surface area contributed by atoms with Crippen molar-refractivity contribution in [3.8, 4) is 0 Å². The number of rotatable bonds is 3. The highest BCUT2D eigenvalue weighted by molar-refractivity contribution is 7.80. The van der Waals surface area contributed by atoms with Gasteiger partial charge in [0, 0.05) is 17.6 Å². The summed E-state index contributed by atoms with van der Waals surface area (Å²) in [4.78, 5) is 0. The number of benzene rings is 2. The van der Waals surface area contributed by atoms with Crippen molar-refractivity contribution in [2.24, 2.45) is 0 Å². The number of H-pyrrole nitrogens is 1. The van der Waals surface area contributed by atoms with E-state index in [1.165, 1.54) is 12.1 Å². The quantitative estimate of drug-likeness (QED) is 0.650. The number of hydrogen-bond acceptors (Lipinski definition) is 2. The van der Waals surface area contributed by atoms with Crippen molar-refractivity contribution < 1.29 is 4.39 Å². The van der Waals surface area contributed by atoms with Gasteiger partial charge in [0.05, 0.1) is 11.7 Å². The molecule has 0 radical (unpaired) electrons. The van der Waals surface area contributed by atoms with Crippen LogP contribution in [0.3, 0.4) is 0 Å². The number of hydrogen-bond donors (Lipinski definition) is 3. The van der Waals surface area contributed by atoms with Gasteiger partial charge in [0.15, 0.2) is 5.11 Å². The lowest BCUT2D eigenvalue weighted by molar-refractivity contribution is 0.628. The maximum atomic E-state index is 12.8. The number of aromatic nitrogens is 2. The third-order valence-corrected chi connectivity index (χ3v) is 3.35. The molecule has 2 aromatic carbocycles. The first-order valence-electron chi connectivity index (χ1n) is 6.44. The highest BCUT2D eigenvalue weighted by atomic mass is 32.1. The lowest BCUT2D eigenvalue weighted by Crippen LogP contribution is -2.27. The van der Waals surface area contributed by atoms with Crippen LogP contribution in [-0.4, -0.2) is 15.3 Å². The fourth-order valence-electron chi connectivity index (χ4n) is 2.06. The summed E-state index contributed by atoms with van der Waals surface area (Å²) >= 11 is 5.23. The minimum Gasteiger partial charge on any atom is -0.358 e. The van der Waals surface area contributed by atoms with Crippen LogP contribution < -0.4 is 10.6 Å². The van der Waals surface area contributed by atoms with Crippen molar-refractivity contribution in [2.45, 2.75) is 6.54 Å². The molecule has 3 rings (SSSR count). The van der Waals surface area contributed by atoms with Crippen molar-refractivity contribution >= 4 is 33.9 Å². The van der Waals surface area contributed by atoms with E-state index in [-0.39, 0.29) is 5.82 Å². The van der Waals surface area contributed by atoms with Gasteiger partial charge in [-0.1, -0.05) is 18.2 Å². The largest absolute Gasteiger partial charge is 0.358 e. The second kappa shape index (κ2) is 5.88. The Bertz CT molecular complexity index is 767. The SMILES string of the molecule is Fc1ccc(NC(=S)NCc2cccc3cn[nH]c23)cc1. The van der Waals surface area contributed by atoms with Crippen molar-refractivity contribution in [3.63, 3.8) is 0 Å². The van der Waals surface area contributed by atoms with Gasteiger partial charge in [0.2, 0.25) is 0 Å². The van der Waals surface area contributed by atoms with Gasteiger partial charge in [-0.3, -0.25) is 5.10 Å². The van der Waals surface area contributed by atoms with Gasteiger partial charge in [0.25, 0.3) is 0 Å². The van der Waals surface area contributed by atoms with Crippen LogP contribution in [0, 0.1) is 5.82 Å². The molecule has 0 aliphatic rings. The van der Waals surface area contributed by atoms with E-state index in [1.807, 2.05) is 18.2 Å². The third-order valence-electron chi connectivity index (χ3n) is 3.10. The second-order valence-corrected chi connectivity index (χ2v) is 4.97. The molecule has 0 fully saturated rings. The third kappa shape index (κ3) is 3.17. The van der Waals surface area contributed by atoms with E-state index in [0.29, 0.717) is 11.7 Å². The molecule has 0 spiro atoms. The molecule has 21 heavy (non-hydrogen) atoms. The smallest absolute Gasteiger partial charge is 0.171 e. The molecular formula is C15H13FN4S. The molecular weight excluding hydrogens is 287 g/mol. The topological polar surface area (TPSA) is 52.7 Å². The zero-order chi connectivity index (χ0) is 14.7. The average molecular weight is 300 g/mol. The molecule has 0 saturated carbocycles. The summed E-state index contributed by atoms with van der Waals surface area (Å²) in [6, 6.07) is 12.0. The predicted octanol–water partition coefficient (Wildman–Crippen LogP) is 3.19. The van der Waals surface area contributed by atoms with Gasteiger partial charge in [0.1, 0.15) is 5.82 Å². The fraction of sp³-hybridized carbons (Fsp3) is 0.0667. The van der Waals surface area contributed by atoms with Crippen LogP contribution in [0.2, 0.25) is 0 Å². The first-order valence-corrected chi connectivity index (χ1v) is 6.84. The number of para-hydroxylation sites is 1. The van der Waals surface area contributed by atoms with Crippen molar-refractivity contribution in [3.05, 3.63) is 60.0 Å². The Morgan fingerprint density at radius 1 is 1.19 bits per heavy atom. The summed E-state index contributed by atoms with van der Waals surface area (Å²) in [5.41, 5.74) is 2.82. The number of nitrogens with zero attached hydrogens (tertiary/aromatic N) is 1. The summed E-state index contributed by atoms with van der Waals surface area (Å²) in [5.74, 6) is -0.273.